The van der Waals surface area contributed by atoms with Crippen molar-refractivity contribution in [3.63, 3.8) is 0 Å². The van der Waals surface area contributed by atoms with Crippen LogP contribution in [-0.2, 0) is 23.8 Å². The third kappa shape index (κ3) is 2.22. The van der Waals surface area contributed by atoms with E-state index in [4.69, 9.17) is 14.2 Å². The molecule has 1 N–H and O–H groups in total. The fraction of sp³-hybridized carbons (Fsp3) is 0.833. The Bertz CT molecular complexity index is 375. The summed E-state index contributed by atoms with van der Waals surface area (Å²) in [6.45, 7) is 1.02. The monoisotopic (exact) mass is 271 g/mol. The van der Waals surface area contributed by atoms with Gasteiger partial charge in [-0.15, -0.1) is 0 Å². The van der Waals surface area contributed by atoms with E-state index >= 15 is 0 Å². The zero-order valence-electron chi connectivity index (χ0n) is 10.4. The zero-order valence-corrected chi connectivity index (χ0v) is 10.4. The van der Waals surface area contributed by atoms with E-state index in [1.165, 1.54) is 4.90 Å². The fourth-order valence-corrected chi connectivity index (χ4v) is 2.94. The number of nitrogens with zero attached hydrogens (tertiary/aromatic N) is 1. The number of aliphatic hydroxyl groups excluding tert-OH is 1. The lowest BCUT2D eigenvalue weighted by atomic mass is 10.1. The number of ether oxygens (including phenoxy) is 3. The zero-order chi connectivity index (χ0) is 13.4. The van der Waals surface area contributed by atoms with Crippen molar-refractivity contribution in [2.24, 2.45) is 0 Å². The van der Waals surface area contributed by atoms with E-state index in [9.17, 15) is 14.7 Å². The Labute approximate surface area is 110 Å². The molecular formula is C12H17NO6. The van der Waals surface area contributed by atoms with Crippen molar-refractivity contribution in [3.05, 3.63) is 0 Å². The molecule has 106 valence electrons. The molecule has 19 heavy (non-hydrogen) atoms. The average Bonchev–Trinajstić information content (AvgIpc) is 3.08. The highest BCUT2D eigenvalue weighted by Crippen LogP contribution is 2.29. The van der Waals surface area contributed by atoms with Crippen LogP contribution in [0.25, 0.3) is 0 Å². The fourth-order valence-electron chi connectivity index (χ4n) is 2.94. The van der Waals surface area contributed by atoms with Gasteiger partial charge in [0, 0.05) is 6.54 Å². The van der Waals surface area contributed by atoms with Crippen molar-refractivity contribution < 1.29 is 28.9 Å². The second kappa shape index (κ2) is 5.07. The molecule has 0 radical (unpaired) electrons. The van der Waals surface area contributed by atoms with Crippen LogP contribution in [0.3, 0.4) is 0 Å². The Morgan fingerprint density at radius 1 is 1.32 bits per heavy atom. The summed E-state index contributed by atoms with van der Waals surface area (Å²) in [5.41, 5.74) is 0. The highest BCUT2D eigenvalue weighted by Gasteiger charge is 2.49. The van der Waals surface area contributed by atoms with Gasteiger partial charge in [-0.25, -0.2) is 4.79 Å². The van der Waals surface area contributed by atoms with Gasteiger partial charge in [0.15, 0.2) is 6.10 Å². The first-order valence-electron chi connectivity index (χ1n) is 6.53. The van der Waals surface area contributed by atoms with Gasteiger partial charge in [0.2, 0.25) is 6.41 Å². The van der Waals surface area contributed by atoms with E-state index in [2.05, 4.69) is 0 Å². The Morgan fingerprint density at radius 3 is 2.89 bits per heavy atom. The number of carbonyl (C=O) groups is 2. The van der Waals surface area contributed by atoms with Crippen LogP contribution >= 0.6 is 0 Å². The van der Waals surface area contributed by atoms with Gasteiger partial charge in [0.25, 0.3) is 0 Å². The van der Waals surface area contributed by atoms with Gasteiger partial charge in [0.1, 0.15) is 24.4 Å². The topological polar surface area (TPSA) is 85.3 Å². The van der Waals surface area contributed by atoms with Crippen LogP contribution in [0.5, 0.6) is 0 Å². The van der Waals surface area contributed by atoms with E-state index in [1.54, 1.807) is 0 Å². The molecule has 0 saturated carbocycles. The summed E-state index contributed by atoms with van der Waals surface area (Å²) < 4.78 is 16.2. The van der Waals surface area contributed by atoms with Crippen LogP contribution in [0.4, 0.5) is 0 Å². The number of fused-ring (bicyclic) bond motifs is 1. The van der Waals surface area contributed by atoms with Crippen LogP contribution < -0.4 is 0 Å². The Hall–Kier alpha value is -1.18. The van der Waals surface area contributed by atoms with Crippen LogP contribution in [0.2, 0.25) is 0 Å². The molecule has 3 aliphatic heterocycles. The lowest BCUT2D eigenvalue weighted by molar-refractivity contribution is -0.160. The van der Waals surface area contributed by atoms with Crippen LogP contribution in [0.15, 0.2) is 0 Å². The number of hydrogen-bond acceptors (Lipinski definition) is 6. The van der Waals surface area contributed by atoms with Gasteiger partial charge in [-0.3, -0.25) is 4.79 Å². The van der Waals surface area contributed by atoms with E-state index in [1.807, 2.05) is 0 Å². The lowest BCUT2D eigenvalue weighted by Crippen LogP contribution is -2.41. The van der Waals surface area contributed by atoms with Crippen molar-refractivity contribution in [1.29, 1.82) is 0 Å². The first-order chi connectivity index (χ1) is 9.20. The Morgan fingerprint density at radius 2 is 2.11 bits per heavy atom. The maximum Gasteiger partial charge on any atom is 0.329 e. The van der Waals surface area contributed by atoms with Gasteiger partial charge in [-0.2, -0.15) is 0 Å². The van der Waals surface area contributed by atoms with Gasteiger partial charge in [0.05, 0.1) is 13.2 Å². The molecule has 0 spiro atoms. The Balaban J connectivity index is 1.60. The van der Waals surface area contributed by atoms with Crippen molar-refractivity contribution in [2.75, 3.05) is 19.8 Å². The van der Waals surface area contributed by atoms with Crippen molar-refractivity contribution in [1.82, 2.24) is 4.90 Å². The summed E-state index contributed by atoms with van der Waals surface area (Å²) in [6, 6.07) is -0.497. The molecule has 5 unspecified atom stereocenters. The minimum atomic E-state index is -0.661. The minimum absolute atomic E-state index is 0.202. The molecule has 7 heteroatoms. The second-order valence-electron chi connectivity index (χ2n) is 5.14. The van der Waals surface area contributed by atoms with E-state index < -0.39 is 36.4 Å². The third-order valence-electron chi connectivity index (χ3n) is 3.95. The summed E-state index contributed by atoms with van der Waals surface area (Å²) in [4.78, 5) is 24.3. The number of likely N-dealkylation sites (tertiary alicyclic amines) is 1. The molecule has 3 fully saturated rings. The molecule has 0 aliphatic carbocycles. The highest BCUT2D eigenvalue weighted by molar-refractivity contribution is 5.79. The summed E-state index contributed by atoms with van der Waals surface area (Å²) >= 11 is 0. The predicted molar refractivity (Wildman–Crippen MR) is 61.2 cm³/mol. The van der Waals surface area contributed by atoms with Crippen LogP contribution in [0.1, 0.15) is 12.8 Å². The smallest absolute Gasteiger partial charge is 0.329 e. The number of amides is 1. The summed E-state index contributed by atoms with van der Waals surface area (Å²) in [5, 5.41) is 9.60. The average molecular weight is 271 g/mol. The normalized spacial score (nSPS) is 41.3. The molecule has 7 nitrogen and oxygen atoms in total. The maximum atomic E-state index is 12.0. The molecule has 3 heterocycles. The first-order valence-corrected chi connectivity index (χ1v) is 6.53. The van der Waals surface area contributed by atoms with Crippen molar-refractivity contribution in [3.8, 4) is 0 Å². The van der Waals surface area contributed by atoms with E-state index in [0.717, 1.165) is 6.42 Å². The van der Waals surface area contributed by atoms with Gasteiger partial charge < -0.3 is 24.2 Å². The second-order valence-corrected chi connectivity index (χ2v) is 5.14. The molecule has 0 bridgehead atoms. The molecule has 3 rings (SSSR count). The minimum Gasteiger partial charge on any atom is -0.455 e. The molecule has 0 aromatic rings. The molecule has 3 saturated heterocycles. The number of esters is 1. The number of rotatable bonds is 3. The molecule has 1 amide bonds. The molecule has 0 aromatic carbocycles. The maximum absolute atomic E-state index is 12.0. The standard InChI is InChI=1S/C12H17NO6/c14-6-13-3-1-2-7(13)12(16)19-9-5-18-10-8(15)4-17-11(9)10/h6-11,15H,1-5H2. The molecule has 3 aliphatic rings. The van der Waals surface area contributed by atoms with Gasteiger partial charge in [-0.05, 0) is 12.8 Å². The summed E-state index contributed by atoms with van der Waals surface area (Å²) in [5.74, 6) is -0.413. The number of carbonyl (C=O) groups excluding carboxylic acids is 2. The molecule has 5 atom stereocenters. The SMILES string of the molecule is O=CN1CCCC1C(=O)OC1COC2C(O)COC12. The first kappa shape index (κ1) is 12.8. The van der Waals surface area contributed by atoms with E-state index in [-0.39, 0.29) is 13.2 Å². The van der Waals surface area contributed by atoms with Crippen molar-refractivity contribution in [2.45, 2.75) is 43.3 Å². The highest BCUT2D eigenvalue weighted by atomic mass is 16.6. The third-order valence-corrected chi connectivity index (χ3v) is 3.95. The van der Waals surface area contributed by atoms with Gasteiger partial charge >= 0.3 is 5.97 Å². The Kier molecular flexibility index (Phi) is 3.42. The van der Waals surface area contributed by atoms with Crippen LogP contribution in [0, 0.1) is 0 Å². The largest absolute Gasteiger partial charge is 0.455 e. The summed E-state index contributed by atoms with van der Waals surface area (Å²) in [7, 11) is 0. The van der Waals surface area contributed by atoms with E-state index in [0.29, 0.717) is 19.4 Å². The number of hydrogen-bond donors (Lipinski definition) is 1. The molecule has 0 aromatic heterocycles. The van der Waals surface area contributed by atoms with Crippen molar-refractivity contribution >= 4 is 12.4 Å². The molecular weight excluding hydrogens is 254 g/mol. The lowest BCUT2D eigenvalue weighted by Gasteiger charge is -2.22. The predicted octanol–water partition coefficient (Wildman–Crippen LogP) is -1.32. The summed E-state index contributed by atoms with van der Waals surface area (Å²) in [6.07, 6.45) is 0.149. The van der Waals surface area contributed by atoms with Crippen LogP contribution in [-0.4, -0.2) is 72.6 Å². The quantitative estimate of drug-likeness (QED) is 0.506. The van der Waals surface area contributed by atoms with Gasteiger partial charge in [-0.1, -0.05) is 0 Å². The number of aliphatic hydroxyl groups is 1.